The van der Waals surface area contributed by atoms with Gasteiger partial charge >= 0.3 is 111 Å². The van der Waals surface area contributed by atoms with E-state index in [0.717, 1.165) is 10.5 Å². The first-order chi connectivity index (χ1) is 8.19. The molecule has 0 unspecified atom stereocenters. The number of nitrogens with zero attached hydrogens (tertiary/aromatic N) is 1. The van der Waals surface area contributed by atoms with Crippen molar-refractivity contribution in [2.24, 2.45) is 4.99 Å². The van der Waals surface area contributed by atoms with Crippen LogP contribution >= 0.6 is 0 Å². The standard InChI is InChI=1S/C14H21NOSe/c1-5-6-10-17-14(16-4)15-13-11(2)8-7-9-12(13)3/h7-9H,5-6,10H2,1-4H3. The van der Waals surface area contributed by atoms with E-state index >= 15 is 0 Å². The zero-order chi connectivity index (χ0) is 12.7. The molecule has 0 aliphatic carbocycles. The summed E-state index contributed by atoms with van der Waals surface area (Å²) in [5.41, 5.74) is 3.50. The maximum absolute atomic E-state index is 5.39. The van der Waals surface area contributed by atoms with Crippen LogP contribution in [0.5, 0.6) is 0 Å². The average molecular weight is 298 g/mol. The first kappa shape index (κ1) is 14.3. The van der Waals surface area contributed by atoms with Crippen molar-refractivity contribution in [2.75, 3.05) is 7.11 Å². The molecule has 17 heavy (non-hydrogen) atoms. The zero-order valence-electron chi connectivity index (χ0n) is 11.1. The number of aliphatic imine (C=N–C) groups is 1. The average Bonchev–Trinajstić information content (AvgIpc) is 2.32. The van der Waals surface area contributed by atoms with Crippen LogP contribution in [0.3, 0.4) is 0 Å². The second kappa shape index (κ2) is 7.52. The Morgan fingerprint density at radius 3 is 2.47 bits per heavy atom. The number of hydrogen-bond acceptors (Lipinski definition) is 2. The molecule has 1 aromatic carbocycles. The minimum absolute atomic E-state index is 0.361. The summed E-state index contributed by atoms with van der Waals surface area (Å²) in [6.07, 6.45) is 2.50. The first-order valence-electron chi connectivity index (χ1n) is 6.00. The van der Waals surface area contributed by atoms with Gasteiger partial charge in [0.2, 0.25) is 0 Å². The molecule has 0 fully saturated rings. The quantitative estimate of drug-likeness (QED) is 0.350. The molecule has 0 radical (unpaired) electrons. The van der Waals surface area contributed by atoms with Crippen molar-refractivity contribution in [3.8, 4) is 0 Å². The molecule has 2 nitrogen and oxygen atoms in total. The van der Waals surface area contributed by atoms with E-state index in [4.69, 9.17) is 4.74 Å². The van der Waals surface area contributed by atoms with Gasteiger partial charge in [-0.2, -0.15) is 0 Å². The SMILES string of the molecule is CCCC[Se]C(=Nc1c(C)cccc1C)OC. The topological polar surface area (TPSA) is 21.6 Å². The van der Waals surface area contributed by atoms with Gasteiger partial charge in [0.15, 0.2) is 0 Å². The molecule has 0 bridgehead atoms. The first-order valence-corrected chi connectivity index (χ1v) is 8.07. The monoisotopic (exact) mass is 299 g/mol. The van der Waals surface area contributed by atoms with Crippen LogP contribution < -0.4 is 0 Å². The zero-order valence-corrected chi connectivity index (χ0v) is 12.8. The van der Waals surface area contributed by atoms with E-state index in [1.807, 2.05) is 0 Å². The number of methoxy groups -OCH3 is 1. The Bertz CT molecular complexity index is 368. The molecule has 3 heteroatoms. The van der Waals surface area contributed by atoms with Crippen LogP contribution in [0, 0.1) is 13.8 Å². The fraction of sp³-hybridized carbons (Fsp3) is 0.500. The predicted molar refractivity (Wildman–Crippen MR) is 75.5 cm³/mol. The molecule has 1 rings (SSSR count). The summed E-state index contributed by atoms with van der Waals surface area (Å²) < 4.78 is 5.39. The van der Waals surface area contributed by atoms with E-state index in [9.17, 15) is 0 Å². The molecule has 0 aromatic heterocycles. The van der Waals surface area contributed by atoms with Gasteiger partial charge in [-0.3, -0.25) is 0 Å². The fourth-order valence-electron chi connectivity index (χ4n) is 1.51. The molecule has 0 spiro atoms. The van der Waals surface area contributed by atoms with E-state index in [-0.39, 0.29) is 0 Å². The van der Waals surface area contributed by atoms with Gasteiger partial charge in [0, 0.05) is 0 Å². The van der Waals surface area contributed by atoms with Crippen LogP contribution in [-0.4, -0.2) is 26.9 Å². The van der Waals surface area contributed by atoms with Crippen LogP contribution in [0.15, 0.2) is 23.2 Å². The van der Waals surface area contributed by atoms with E-state index < -0.39 is 0 Å². The van der Waals surface area contributed by atoms with Crippen LogP contribution in [0.25, 0.3) is 0 Å². The summed E-state index contributed by atoms with van der Waals surface area (Å²) in [6, 6.07) is 6.26. The van der Waals surface area contributed by atoms with Crippen LogP contribution in [0.2, 0.25) is 5.32 Å². The van der Waals surface area contributed by atoms with Gasteiger partial charge in [0.1, 0.15) is 0 Å². The third-order valence-electron chi connectivity index (χ3n) is 2.54. The Kier molecular flexibility index (Phi) is 6.31. The second-order valence-electron chi connectivity index (χ2n) is 4.02. The van der Waals surface area contributed by atoms with Gasteiger partial charge in [-0.05, 0) is 0 Å². The third-order valence-corrected chi connectivity index (χ3v) is 4.63. The minimum atomic E-state index is 0.361. The molecule has 0 saturated carbocycles. The molecule has 0 amide bonds. The Labute approximate surface area is 111 Å². The van der Waals surface area contributed by atoms with E-state index in [1.165, 1.54) is 29.3 Å². The Hall–Kier alpha value is -0.791. The van der Waals surface area contributed by atoms with Crippen molar-refractivity contribution in [2.45, 2.75) is 38.9 Å². The third kappa shape index (κ3) is 4.53. The summed E-state index contributed by atoms with van der Waals surface area (Å²) >= 11 is 0.361. The number of unbranched alkanes of at least 4 members (excludes halogenated alkanes) is 1. The molecule has 0 N–H and O–H groups in total. The van der Waals surface area contributed by atoms with Crippen molar-refractivity contribution in [3.63, 3.8) is 0 Å². The molecule has 0 saturated heterocycles. The van der Waals surface area contributed by atoms with Crippen LogP contribution in [0.4, 0.5) is 5.69 Å². The number of hydrogen-bond donors (Lipinski definition) is 0. The summed E-state index contributed by atoms with van der Waals surface area (Å²) in [6.45, 7) is 6.40. The molecule has 0 aliphatic heterocycles. The summed E-state index contributed by atoms with van der Waals surface area (Å²) in [5.74, 6) is 0. The number of benzene rings is 1. The van der Waals surface area contributed by atoms with Crippen molar-refractivity contribution in [1.29, 1.82) is 0 Å². The Morgan fingerprint density at radius 2 is 1.94 bits per heavy atom. The molecular weight excluding hydrogens is 277 g/mol. The van der Waals surface area contributed by atoms with E-state index in [1.54, 1.807) is 7.11 Å². The van der Waals surface area contributed by atoms with Crippen molar-refractivity contribution >= 4 is 25.4 Å². The molecular formula is C14H21NOSe. The van der Waals surface area contributed by atoms with Gasteiger partial charge < -0.3 is 0 Å². The molecule has 0 atom stereocenters. The van der Waals surface area contributed by atoms with Crippen molar-refractivity contribution < 1.29 is 4.74 Å². The number of rotatable bonds is 5. The maximum atomic E-state index is 5.39. The van der Waals surface area contributed by atoms with Gasteiger partial charge in [0.05, 0.1) is 0 Å². The Balaban J connectivity index is 2.83. The molecule has 0 aliphatic rings. The summed E-state index contributed by atoms with van der Waals surface area (Å²) in [4.78, 5) is 5.58. The second-order valence-corrected chi connectivity index (χ2v) is 6.22. The Morgan fingerprint density at radius 1 is 1.29 bits per heavy atom. The predicted octanol–water partition coefficient (Wildman–Crippen LogP) is 3.86. The molecule has 94 valence electrons. The van der Waals surface area contributed by atoms with E-state index in [0.29, 0.717) is 15.0 Å². The van der Waals surface area contributed by atoms with Gasteiger partial charge in [-0.25, -0.2) is 0 Å². The molecule has 0 heterocycles. The summed E-state index contributed by atoms with van der Waals surface area (Å²) in [5, 5.41) is 1.21. The molecule has 1 aromatic rings. The normalized spacial score (nSPS) is 11.6. The van der Waals surface area contributed by atoms with Crippen LogP contribution in [-0.2, 0) is 4.74 Å². The van der Waals surface area contributed by atoms with Gasteiger partial charge in [-0.1, -0.05) is 0 Å². The number of aryl methyl sites for hydroxylation is 2. The van der Waals surface area contributed by atoms with Gasteiger partial charge in [-0.15, -0.1) is 0 Å². The number of ether oxygens (including phenoxy) is 1. The van der Waals surface area contributed by atoms with Crippen LogP contribution in [0.1, 0.15) is 30.9 Å². The number of para-hydroxylation sites is 1. The van der Waals surface area contributed by atoms with E-state index in [2.05, 4.69) is 44.0 Å². The summed E-state index contributed by atoms with van der Waals surface area (Å²) in [7, 11) is 1.72. The fourth-order valence-corrected chi connectivity index (χ4v) is 3.36. The van der Waals surface area contributed by atoms with Crippen molar-refractivity contribution in [3.05, 3.63) is 29.3 Å². The van der Waals surface area contributed by atoms with Crippen molar-refractivity contribution in [1.82, 2.24) is 0 Å². The van der Waals surface area contributed by atoms with Gasteiger partial charge in [0.25, 0.3) is 0 Å².